The minimum Gasteiger partial charge on any atom is -0.510 e. The highest BCUT2D eigenvalue weighted by molar-refractivity contribution is 6.24. The Morgan fingerprint density at radius 2 is 1.81 bits per heavy atom. The number of nitrogens with zero attached hydrogens (tertiary/aromatic N) is 1. The summed E-state index contributed by atoms with van der Waals surface area (Å²) >= 11 is 0. The molecular formula is C26H31N3O7. The zero-order valence-electron chi connectivity index (χ0n) is 20.2. The summed E-state index contributed by atoms with van der Waals surface area (Å²) in [4.78, 5) is 41.0. The van der Waals surface area contributed by atoms with Gasteiger partial charge < -0.3 is 36.4 Å². The summed E-state index contributed by atoms with van der Waals surface area (Å²) in [6.45, 7) is 0. The third-order valence-corrected chi connectivity index (χ3v) is 8.31. The number of primary amides is 1. The molecule has 0 bridgehead atoms. The lowest BCUT2D eigenvalue weighted by Crippen LogP contribution is -2.64. The SMILES string of the molecule is CN(C)c1ccc(O)c2c1CC1CC3C(NC4CCCC4)C(O)=C(C(N)=O)C(=O)[C@@]3(O)C(O)=C1C2=O. The highest BCUT2D eigenvalue weighted by atomic mass is 16.3. The van der Waals surface area contributed by atoms with Crippen LogP contribution in [-0.4, -0.2) is 69.7 Å². The Morgan fingerprint density at radius 1 is 1.14 bits per heavy atom. The number of anilines is 1. The van der Waals surface area contributed by atoms with E-state index in [2.05, 4.69) is 5.32 Å². The number of nitrogens with one attached hydrogen (secondary N) is 1. The second-order valence-corrected chi connectivity index (χ2v) is 10.5. The predicted molar refractivity (Wildman–Crippen MR) is 130 cm³/mol. The van der Waals surface area contributed by atoms with Crippen molar-refractivity contribution in [1.82, 2.24) is 5.32 Å². The molecular weight excluding hydrogens is 466 g/mol. The van der Waals surface area contributed by atoms with Gasteiger partial charge in [-0.25, -0.2) is 0 Å². The van der Waals surface area contributed by atoms with Crippen molar-refractivity contribution in [3.8, 4) is 5.75 Å². The average molecular weight is 498 g/mol. The van der Waals surface area contributed by atoms with Crippen molar-refractivity contribution in [1.29, 1.82) is 0 Å². The molecule has 0 heterocycles. The molecule has 0 spiro atoms. The number of aliphatic hydroxyl groups excluding tert-OH is 2. The highest BCUT2D eigenvalue weighted by Crippen LogP contribution is 2.52. The number of ketones is 2. The third-order valence-electron chi connectivity index (χ3n) is 8.31. The molecule has 10 nitrogen and oxygen atoms in total. The number of aromatic hydroxyl groups is 1. The Kier molecular flexibility index (Phi) is 5.64. The van der Waals surface area contributed by atoms with Gasteiger partial charge in [0.2, 0.25) is 5.78 Å². The van der Waals surface area contributed by atoms with Gasteiger partial charge in [0.05, 0.1) is 11.6 Å². The summed E-state index contributed by atoms with van der Waals surface area (Å²) in [5, 5.41) is 47.9. The number of carbonyl (C=O) groups excluding carboxylic acids is 3. The molecule has 0 aliphatic heterocycles. The van der Waals surface area contributed by atoms with E-state index in [-0.39, 0.29) is 35.8 Å². The fourth-order valence-electron chi connectivity index (χ4n) is 6.62. The molecule has 1 fully saturated rings. The Hall–Kier alpha value is -3.37. The molecule has 3 unspecified atom stereocenters. The number of benzene rings is 1. The number of carbonyl (C=O) groups is 3. The standard InChI is InChI=1S/C26H31N3O7/c1-29(2)15-7-8-16(30)18-13(15)9-11-10-14-20(28-12-5-3-4-6-12)22(32)19(25(27)35)24(34)26(14,36)23(33)17(11)21(18)31/h7-8,11-12,14,20,28,30,32-33,36H,3-6,9-10H2,1-2H3,(H2,27,35)/t11?,14?,20?,26-/m0/s1. The van der Waals surface area contributed by atoms with Crippen LogP contribution >= 0.6 is 0 Å². The molecule has 192 valence electrons. The van der Waals surface area contributed by atoms with E-state index in [1.165, 1.54) is 6.07 Å². The Labute approximate surface area is 208 Å². The zero-order chi connectivity index (χ0) is 26.1. The van der Waals surface area contributed by atoms with E-state index in [4.69, 9.17) is 5.73 Å². The summed E-state index contributed by atoms with van der Waals surface area (Å²) in [5.41, 5.74) is 3.20. The van der Waals surface area contributed by atoms with Crippen LogP contribution in [0.5, 0.6) is 5.75 Å². The normalized spacial score (nSPS) is 30.2. The number of rotatable bonds is 4. The molecule has 0 radical (unpaired) electrons. The highest BCUT2D eigenvalue weighted by Gasteiger charge is 2.63. The molecule has 0 aromatic heterocycles. The van der Waals surface area contributed by atoms with Crippen LogP contribution in [0.3, 0.4) is 0 Å². The zero-order valence-corrected chi connectivity index (χ0v) is 20.2. The molecule has 1 aromatic rings. The van der Waals surface area contributed by atoms with Gasteiger partial charge >= 0.3 is 0 Å². The predicted octanol–water partition coefficient (Wildman–Crippen LogP) is 1.16. The molecule has 4 aliphatic rings. The maximum Gasteiger partial charge on any atom is 0.255 e. The Morgan fingerprint density at radius 3 is 2.42 bits per heavy atom. The number of phenolic OH excluding ortho intramolecular Hbond substituents is 1. The summed E-state index contributed by atoms with van der Waals surface area (Å²) in [6, 6.07) is 2.07. The van der Waals surface area contributed by atoms with E-state index in [0.717, 1.165) is 31.4 Å². The lowest BCUT2D eigenvalue weighted by atomic mass is 9.58. The fraction of sp³-hybridized carbons (Fsp3) is 0.500. The molecule has 1 saturated carbocycles. The lowest BCUT2D eigenvalue weighted by Gasteiger charge is -2.49. The summed E-state index contributed by atoms with van der Waals surface area (Å²) in [6.07, 6.45) is 3.95. The molecule has 1 amide bonds. The largest absolute Gasteiger partial charge is 0.510 e. The van der Waals surface area contributed by atoms with Crippen molar-refractivity contribution in [3.05, 3.63) is 45.9 Å². The van der Waals surface area contributed by atoms with Crippen LogP contribution in [-0.2, 0) is 16.0 Å². The van der Waals surface area contributed by atoms with Crippen molar-refractivity contribution in [2.24, 2.45) is 17.6 Å². The van der Waals surface area contributed by atoms with Crippen LogP contribution in [0.2, 0.25) is 0 Å². The van der Waals surface area contributed by atoms with Gasteiger partial charge in [-0.15, -0.1) is 0 Å². The quantitative estimate of drug-likeness (QED) is 0.334. The van der Waals surface area contributed by atoms with Crippen LogP contribution in [0, 0.1) is 11.8 Å². The molecule has 7 N–H and O–H groups in total. The summed E-state index contributed by atoms with van der Waals surface area (Å²) in [5.74, 6) is -6.41. The van der Waals surface area contributed by atoms with E-state index in [1.54, 1.807) is 6.07 Å². The van der Waals surface area contributed by atoms with Gasteiger partial charge in [0.1, 0.15) is 22.8 Å². The van der Waals surface area contributed by atoms with Gasteiger partial charge in [0.15, 0.2) is 11.4 Å². The Balaban J connectivity index is 1.68. The minimum atomic E-state index is -2.62. The topological polar surface area (TPSA) is 173 Å². The number of allylic oxidation sites excluding steroid dienone is 1. The smallest absolute Gasteiger partial charge is 0.255 e. The molecule has 4 aliphatic carbocycles. The van der Waals surface area contributed by atoms with E-state index >= 15 is 0 Å². The first kappa shape index (κ1) is 24.3. The van der Waals surface area contributed by atoms with Crippen molar-refractivity contribution in [3.63, 3.8) is 0 Å². The van der Waals surface area contributed by atoms with Crippen molar-refractivity contribution in [2.75, 3.05) is 19.0 Å². The summed E-state index contributed by atoms with van der Waals surface area (Å²) < 4.78 is 0. The molecule has 10 heteroatoms. The summed E-state index contributed by atoms with van der Waals surface area (Å²) in [7, 11) is 3.63. The monoisotopic (exact) mass is 497 g/mol. The molecule has 4 atom stereocenters. The first-order valence-electron chi connectivity index (χ1n) is 12.2. The van der Waals surface area contributed by atoms with Crippen molar-refractivity contribution < 1.29 is 34.8 Å². The molecule has 5 rings (SSSR count). The van der Waals surface area contributed by atoms with Gasteiger partial charge in [-0.3, -0.25) is 14.4 Å². The number of hydrogen-bond acceptors (Lipinski definition) is 9. The van der Waals surface area contributed by atoms with Crippen LogP contribution < -0.4 is 16.0 Å². The number of phenols is 1. The van der Waals surface area contributed by atoms with Crippen LogP contribution in [0.15, 0.2) is 34.8 Å². The molecule has 0 saturated heterocycles. The number of nitrogens with two attached hydrogens (primary N) is 1. The van der Waals surface area contributed by atoms with Gasteiger partial charge in [-0.2, -0.15) is 0 Å². The third kappa shape index (κ3) is 3.27. The number of hydrogen-bond donors (Lipinski definition) is 6. The first-order valence-corrected chi connectivity index (χ1v) is 12.2. The maximum absolute atomic E-state index is 13.6. The van der Waals surface area contributed by atoms with E-state index < -0.39 is 58.0 Å². The Bertz CT molecular complexity index is 1240. The second-order valence-electron chi connectivity index (χ2n) is 10.5. The van der Waals surface area contributed by atoms with E-state index in [9.17, 15) is 34.8 Å². The average Bonchev–Trinajstić information content (AvgIpc) is 3.32. The van der Waals surface area contributed by atoms with Gasteiger partial charge in [-0.1, -0.05) is 12.8 Å². The molecule has 36 heavy (non-hydrogen) atoms. The number of amides is 1. The van der Waals surface area contributed by atoms with Crippen LogP contribution in [0.4, 0.5) is 5.69 Å². The van der Waals surface area contributed by atoms with Crippen molar-refractivity contribution >= 4 is 23.2 Å². The van der Waals surface area contributed by atoms with Gasteiger partial charge in [-0.05, 0) is 49.3 Å². The number of aliphatic hydroxyl groups is 3. The first-order chi connectivity index (χ1) is 17.0. The fourth-order valence-corrected chi connectivity index (χ4v) is 6.62. The van der Waals surface area contributed by atoms with Gasteiger partial charge in [0.25, 0.3) is 5.91 Å². The molecule has 1 aromatic carbocycles. The van der Waals surface area contributed by atoms with Crippen LogP contribution in [0.1, 0.15) is 48.0 Å². The minimum absolute atomic E-state index is 0.0118. The van der Waals surface area contributed by atoms with Gasteiger partial charge in [0, 0.05) is 37.3 Å². The maximum atomic E-state index is 13.6. The van der Waals surface area contributed by atoms with E-state index in [1.807, 2.05) is 19.0 Å². The van der Waals surface area contributed by atoms with Crippen LogP contribution in [0.25, 0.3) is 0 Å². The van der Waals surface area contributed by atoms with E-state index in [0.29, 0.717) is 5.56 Å². The van der Waals surface area contributed by atoms with Crippen molar-refractivity contribution in [2.45, 2.75) is 56.2 Å². The number of fused-ring (bicyclic) bond motifs is 3. The lowest BCUT2D eigenvalue weighted by molar-refractivity contribution is -0.146. The second kappa shape index (κ2) is 8.35. The number of Topliss-reactive ketones (excluding diaryl/α,β-unsaturated/α-hetero) is 2.